The third-order valence-electron chi connectivity index (χ3n) is 2.55. The van der Waals surface area contributed by atoms with Crippen molar-refractivity contribution in [2.24, 2.45) is 0 Å². The zero-order valence-corrected chi connectivity index (χ0v) is 9.66. The van der Waals surface area contributed by atoms with Gasteiger partial charge in [0, 0.05) is 5.56 Å². The molecule has 0 aliphatic carbocycles. The fourth-order valence-corrected chi connectivity index (χ4v) is 1.74. The SMILES string of the molecule is CCc1ccccc1-c1cnc(CNC)o1. The first-order valence-corrected chi connectivity index (χ1v) is 5.52. The molecule has 0 atom stereocenters. The van der Waals surface area contributed by atoms with Gasteiger partial charge in [-0.05, 0) is 19.0 Å². The molecule has 3 nitrogen and oxygen atoms in total. The minimum Gasteiger partial charge on any atom is -0.439 e. The second kappa shape index (κ2) is 4.94. The van der Waals surface area contributed by atoms with Crippen LogP contribution >= 0.6 is 0 Å². The van der Waals surface area contributed by atoms with Crippen LogP contribution in [0.3, 0.4) is 0 Å². The van der Waals surface area contributed by atoms with Gasteiger partial charge in [-0.25, -0.2) is 4.98 Å². The van der Waals surface area contributed by atoms with Gasteiger partial charge in [0.2, 0.25) is 5.89 Å². The molecule has 1 aromatic carbocycles. The molecule has 0 saturated heterocycles. The molecule has 1 N–H and O–H groups in total. The summed E-state index contributed by atoms with van der Waals surface area (Å²) in [5, 5.41) is 3.02. The van der Waals surface area contributed by atoms with E-state index in [2.05, 4.69) is 29.4 Å². The van der Waals surface area contributed by atoms with E-state index in [9.17, 15) is 0 Å². The molecule has 0 unspecified atom stereocenters. The molecule has 84 valence electrons. The number of hydrogen-bond acceptors (Lipinski definition) is 3. The standard InChI is InChI=1S/C13H16N2O/c1-3-10-6-4-5-7-11(10)12-8-15-13(16-12)9-14-2/h4-8,14H,3,9H2,1-2H3. The van der Waals surface area contributed by atoms with E-state index in [4.69, 9.17) is 4.42 Å². The Kier molecular flexibility index (Phi) is 3.37. The molecule has 0 aliphatic rings. The highest BCUT2D eigenvalue weighted by atomic mass is 16.4. The first kappa shape index (κ1) is 10.9. The molecule has 3 heteroatoms. The summed E-state index contributed by atoms with van der Waals surface area (Å²) in [4.78, 5) is 4.23. The number of oxazole rings is 1. The summed E-state index contributed by atoms with van der Waals surface area (Å²) >= 11 is 0. The van der Waals surface area contributed by atoms with Gasteiger partial charge in [0.05, 0.1) is 12.7 Å². The Morgan fingerprint density at radius 2 is 2.12 bits per heavy atom. The third kappa shape index (κ3) is 2.14. The number of aryl methyl sites for hydroxylation is 1. The average Bonchev–Trinajstić information content (AvgIpc) is 2.78. The van der Waals surface area contributed by atoms with Crippen molar-refractivity contribution in [3.8, 4) is 11.3 Å². The van der Waals surface area contributed by atoms with Crippen LogP contribution in [0.4, 0.5) is 0 Å². The summed E-state index contributed by atoms with van der Waals surface area (Å²) in [7, 11) is 1.88. The molecule has 0 radical (unpaired) electrons. The maximum Gasteiger partial charge on any atom is 0.208 e. The first-order chi connectivity index (χ1) is 7.85. The molecule has 0 bridgehead atoms. The second-order valence-corrected chi connectivity index (χ2v) is 3.66. The summed E-state index contributed by atoms with van der Waals surface area (Å²) < 4.78 is 5.68. The van der Waals surface area contributed by atoms with E-state index < -0.39 is 0 Å². The Balaban J connectivity index is 2.34. The molecule has 16 heavy (non-hydrogen) atoms. The topological polar surface area (TPSA) is 38.1 Å². The number of rotatable bonds is 4. The number of benzene rings is 1. The molecule has 1 heterocycles. The van der Waals surface area contributed by atoms with Crippen molar-refractivity contribution >= 4 is 0 Å². The fourth-order valence-electron chi connectivity index (χ4n) is 1.74. The Bertz CT molecular complexity index is 462. The van der Waals surface area contributed by atoms with E-state index in [0.29, 0.717) is 6.54 Å². The quantitative estimate of drug-likeness (QED) is 0.853. The summed E-state index contributed by atoms with van der Waals surface area (Å²) in [5.41, 5.74) is 2.43. The monoisotopic (exact) mass is 216 g/mol. The second-order valence-electron chi connectivity index (χ2n) is 3.66. The van der Waals surface area contributed by atoms with E-state index in [0.717, 1.165) is 23.6 Å². The van der Waals surface area contributed by atoms with Gasteiger partial charge in [0.1, 0.15) is 0 Å². The lowest BCUT2D eigenvalue weighted by molar-refractivity contribution is 0.490. The van der Waals surface area contributed by atoms with Crippen LogP contribution in [-0.4, -0.2) is 12.0 Å². The van der Waals surface area contributed by atoms with Crippen molar-refractivity contribution in [3.05, 3.63) is 41.9 Å². The van der Waals surface area contributed by atoms with Gasteiger partial charge in [-0.2, -0.15) is 0 Å². The van der Waals surface area contributed by atoms with E-state index in [1.54, 1.807) is 6.20 Å². The van der Waals surface area contributed by atoms with Crippen LogP contribution in [0, 0.1) is 0 Å². The molecule has 0 amide bonds. The van der Waals surface area contributed by atoms with Gasteiger partial charge in [0.15, 0.2) is 5.76 Å². The van der Waals surface area contributed by atoms with Crippen molar-refractivity contribution in [1.29, 1.82) is 0 Å². The van der Waals surface area contributed by atoms with Gasteiger partial charge >= 0.3 is 0 Å². The average molecular weight is 216 g/mol. The molecule has 1 aromatic heterocycles. The predicted octanol–water partition coefficient (Wildman–Crippen LogP) is 2.62. The highest BCUT2D eigenvalue weighted by Crippen LogP contribution is 2.24. The minimum atomic E-state index is 0.661. The summed E-state index contributed by atoms with van der Waals surface area (Å²) in [6, 6.07) is 8.26. The van der Waals surface area contributed by atoms with E-state index in [1.807, 2.05) is 19.2 Å². The van der Waals surface area contributed by atoms with Gasteiger partial charge in [-0.15, -0.1) is 0 Å². The lowest BCUT2D eigenvalue weighted by atomic mass is 10.0. The molecule has 2 aromatic rings. The van der Waals surface area contributed by atoms with Crippen molar-refractivity contribution in [2.45, 2.75) is 19.9 Å². The Morgan fingerprint density at radius 3 is 2.88 bits per heavy atom. The highest BCUT2D eigenvalue weighted by Gasteiger charge is 2.08. The maximum atomic E-state index is 5.68. The van der Waals surface area contributed by atoms with Crippen molar-refractivity contribution < 1.29 is 4.42 Å². The zero-order chi connectivity index (χ0) is 11.4. The molecule has 2 rings (SSSR count). The maximum absolute atomic E-state index is 5.68. The molecular weight excluding hydrogens is 200 g/mol. The number of nitrogens with one attached hydrogen (secondary N) is 1. The molecular formula is C13H16N2O. The fraction of sp³-hybridized carbons (Fsp3) is 0.308. The van der Waals surface area contributed by atoms with Crippen LogP contribution < -0.4 is 5.32 Å². The van der Waals surface area contributed by atoms with Crippen LogP contribution in [0.2, 0.25) is 0 Å². The number of hydrogen-bond donors (Lipinski definition) is 1. The van der Waals surface area contributed by atoms with Gasteiger partial charge < -0.3 is 9.73 Å². The van der Waals surface area contributed by atoms with Crippen LogP contribution in [0.15, 0.2) is 34.9 Å². The van der Waals surface area contributed by atoms with Crippen molar-refractivity contribution in [1.82, 2.24) is 10.3 Å². The van der Waals surface area contributed by atoms with E-state index in [-0.39, 0.29) is 0 Å². The van der Waals surface area contributed by atoms with Crippen LogP contribution in [0.25, 0.3) is 11.3 Å². The number of nitrogens with zero attached hydrogens (tertiary/aromatic N) is 1. The first-order valence-electron chi connectivity index (χ1n) is 5.52. The largest absolute Gasteiger partial charge is 0.439 e. The summed E-state index contributed by atoms with van der Waals surface area (Å²) in [6.07, 6.45) is 2.79. The normalized spacial score (nSPS) is 10.6. The van der Waals surface area contributed by atoms with E-state index >= 15 is 0 Å². The Morgan fingerprint density at radius 1 is 1.31 bits per heavy atom. The number of aromatic nitrogens is 1. The Hall–Kier alpha value is -1.61. The smallest absolute Gasteiger partial charge is 0.208 e. The lowest BCUT2D eigenvalue weighted by Crippen LogP contribution is -2.04. The summed E-state index contributed by atoms with van der Waals surface area (Å²) in [6.45, 7) is 2.80. The van der Waals surface area contributed by atoms with Gasteiger partial charge in [-0.1, -0.05) is 31.2 Å². The molecule has 0 fully saturated rings. The van der Waals surface area contributed by atoms with Crippen LogP contribution in [0.5, 0.6) is 0 Å². The van der Waals surface area contributed by atoms with Gasteiger partial charge in [-0.3, -0.25) is 0 Å². The Labute approximate surface area is 95.5 Å². The van der Waals surface area contributed by atoms with Crippen molar-refractivity contribution in [2.75, 3.05) is 7.05 Å². The van der Waals surface area contributed by atoms with Gasteiger partial charge in [0.25, 0.3) is 0 Å². The third-order valence-corrected chi connectivity index (χ3v) is 2.55. The predicted molar refractivity (Wildman–Crippen MR) is 64.1 cm³/mol. The molecule has 0 spiro atoms. The van der Waals surface area contributed by atoms with Crippen LogP contribution in [-0.2, 0) is 13.0 Å². The van der Waals surface area contributed by atoms with E-state index in [1.165, 1.54) is 5.56 Å². The minimum absolute atomic E-state index is 0.661. The highest BCUT2D eigenvalue weighted by molar-refractivity contribution is 5.61. The van der Waals surface area contributed by atoms with Crippen LogP contribution in [0.1, 0.15) is 18.4 Å². The zero-order valence-electron chi connectivity index (χ0n) is 9.66. The summed E-state index contributed by atoms with van der Waals surface area (Å²) in [5.74, 6) is 1.58. The lowest BCUT2D eigenvalue weighted by Gasteiger charge is -2.03. The molecule has 0 aliphatic heterocycles. The van der Waals surface area contributed by atoms with Crippen molar-refractivity contribution in [3.63, 3.8) is 0 Å². The molecule has 0 saturated carbocycles.